The maximum absolute atomic E-state index is 12.5. The molecule has 0 aliphatic carbocycles. The Morgan fingerprint density at radius 1 is 0.762 bits per heavy atom. The molecular formula is C15H8INO4. The molecule has 104 valence electrons. The fraction of sp³-hybridized carbons (Fsp3) is 0. The van der Waals surface area contributed by atoms with Crippen LogP contribution in [0.15, 0.2) is 48.5 Å². The van der Waals surface area contributed by atoms with Crippen molar-refractivity contribution in [3.8, 4) is 0 Å². The molecule has 0 saturated heterocycles. The number of rotatable bonds is 1. The third-order valence-electron chi connectivity index (χ3n) is 3.31. The molecule has 0 atom stereocenters. The van der Waals surface area contributed by atoms with Crippen molar-refractivity contribution in [1.29, 1.82) is 0 Å². The molecule has 2 aliphatic rings. The zero-order valence-corrected chi connectivity index (χ0v) is 12.7. The predicted molar refractivity (Wildman–Crippen MR) is 81.5 cm³/mol. The van der Waals surface area contributed by atoms with Gasteiger partial charge in [0.25, 0.3) is 0 Å². The molecule has 2 heterocycles. The van der Waals surface area contributed by atoms with Crippen LogP contribution in [0.3, 0.4) is 0 Å². The number of halogens is 1. The van der Waals surface area contributed by atoms with E-state index in [1.165, 1.54) is 3.11 Å². The number of benzene rings is 2. The van der Waals surface area contributed by atoms with Crippen LogP contribution in [0.2, 0.25) is 0 Å². The Morgan fingerprint density at radius 3 is 1.90 bits per heavy atom. The summed E-state index contributed by atoms with van der Waals surface area (Å²) in [5.41, 5.74) is 1.21. The van der Waals surface area contributed by atoms with Gasteiger partial charge < -0.3 is 0 Å². The normalized spacial score (nSPS) is 17.8. The molecule has 0 bridgehead atoms. The molecule has 0 radical (unpaired) electrons. The Balaban J connectivity index is 1.82. The zero-order valence-electron chi connectivity index (χ0n) is 10.6. The number of imide groups is 1. The topological polar surface area (TPSA) is 63.7 Å². The van der Waals surface area contributed by atoms with Gasteiger partial charge in [0.15, 0.2) is 0 Å². The van der Waals surface area contributed by atoms with Crippen LogP contribution in [0.4, 0.5) is 0 Å². The van der Waals surface area contributed by atoms with E-state index in [2.05, 4.69) is 0 Å². The molecule has 4 rings (SSSR count). The first-order chi connectivity index (χ1) is 10.2. The second-order valence-corrected chi connectivity index (χ2v) is 8.40. The predicted octanol–water partition coefficient (Wildman–Crippen LogP) is 2.66. The summed E-state index contributed by atoms with van der Waals surface area (Å²) in [6.07, 6.45) is 0. The fourth-order valence-corrected chi connectivity index (χ4v) is 6.64. The van der Waals surface area contributed by atoms with E-state index in [9.17, 15) is 14.4 Å². The Hall–Kier alpha value is -2.22. The molecule has 0 fully saturated rings. The summed E-state index contributed by atoms with van der Waals surface area (Å²) in [7, 11) is 0. The maximum atomic E-state index is 12.5. The Bertz CT molecular complexity index is 782. The van der Waals surface area contributed by atoms with Crippen LogP contribution < -0.4 is 0 Å². The van der Waals surface area contributed by atoms with E-state index >= 15 is 0 Å². The van der Waals surface area contributed by atoms with Crippen molar-refractivity contribution in [2.24, 2.45) is 0 Å². The summed E-state index contributed by atoms with van der Waals surface area (Å²) in [6, 6.07) is 13.6. The standard InChI is InChI=1S/C15H8INO4/c18-13-9-5-1-2-6-10(9)14(19)17(13)16-12-8-4-3-7-11(12)15(20)21-16/h1-8H. The molecule has 0 saturated carbocycles. The van der Waals surface area contributed by atoms with Gasteiger partial charge in [0.2, 0.25) is 0 Å². The third kappa shape index (κ3) is 1.65. The average Bonchev–Trinajstić information content (AvgIpc) is 2.96. The van der Waals surface area contributed by atoms with Crippen LogP contribution in [0, 0.1) is 3.57 Å². The third-order valence-corrected chi connectivity index (χ3v) is 7.81. The molecule has 2 aromatic carbocycles. The van der Waals surface area contributed by atoms with Gasteiger partial charge >= 0.3 is 128 Å². The number of nitrogens with zero attached hydrogens (tertiary/aromatic N) is 1. The van der Waals surface area contributed by atoms with E-state index in [1.807, 2.05) is 0 Å². The van der Waals surface area contributed by atoms with Crippen LogP contribution in [0.25, 0.3) is 0 Å². The minimum absolute atomic E-state index is 0.370. The van der Waals surface area contributed by atoms with Gasteiger partial charge in [-0.3, -0.25) is 0 Å². The number of fused-ring (bicyclic) bond motifs is 2. The Labute approximate surface area is 127 Å². The molecule has 0 N–H and O–H groups in total. The van der Waals surface area contributed by atoms with Crippen LogP contribution in [-0.2, 0) is 3.07 Å². The van der Waals surface area contributed by atoms with Crippen LogP contribution in [-0.4, -0.2) is 20.9 Å². The van der Waals surface area contributed by atoms with Crippen LogP contribution in [0.1, 0.15) is 31.1 Å². The molecule has 0 spiro atoms. The van der Waals surface area contributed by atoms with E-state index in [0.717, 1.165) is 0 Å². The van der Waals surface area contributed by atoms with Gasteiger partial charge in [0.05, 0.1) is 0 Å². The molecule has 2 aliphatic heterocycles. The summed E-state index contributed by atoms with van der Waals surface area (Å²) in [5.74, 6) is -1.19. The van der Waals surface area contributed by atoms with Gasteiger partial charge in [-0.2, -0.15) is 0 Å². The summed E-state index contributed by atoms with van der Waals surface area (Å²) in [4.78, 5) is 36.8. The number of hydrogen-bond donors (Lipinski definition) is 0. The quantitative estimate of drug-likeness (QED) is 0.425. The first kappa shape index (κ1) is 12.5. The van der Waals surface area contributed by atoms with E-state index < -0.39 is 26.5 Å². The SMILES string of the molecule is O=C1OI(N2C(=O)c3ccccc3C2=O)c2ccccc21. The minimum atomic E-state index is -2.81. The van der Waals surface area contributed by atoms with Gasteiger partial charge in [0.1, 0.15) is 0 Å². The molecule has 6 heteroatoms. The molecule has 5 nitrogen and oxygen atoms in total. The molecule has 0 aromatic heterocycles. The summed E-state index contributed by atoms with van der Waals surface area (Å²) >= 11 is -2.81. The van der Waals surface area contributed by atoms with Crippen molar-refractivity contribution in [2.75, 3.05) is 0 Å². The van der Waals surface area contributed by atoms with Gasteiger partial charge in [-0.25, -0.2) is 0 Å². The van der Waals surface area contributed by atoms with Crippen LogP contribution >= 0.6 is 20.5 Å². The van der Waals surface area contributed by atoms with E-state index in [4.69, 9.17) is 3.07 Å². The monoisotopic (exact) mass is 393 g/mol. The Kier molecular flexibility index (Phi) is 2.61. The summed E-state index contributed by atoms with van der Waals surface area (Å²) < 4.78 is 7.25. The van der Waals surface area contributed by atoms with E-state index in [1.54, 1.807) is 48.5 Å². The molecule has 0 unspecified atom stereocenters. The van der Waals surface area contributed by atoms with Crippen molar-refractivity contribution >= 4 is 38.3 Å². The van der Waals surface area contributed by atoms with Crippen molar-refractivity contribution in [1.82, 2.24) is 3.11 Å². The fourth-order valence-electron chi connectivity index (χ4n) is 2.34. The van der Waals surface area contributed by atoms with Crippen molar-refractivity contribution < 1.29 is 17.4 Å². The van der Waals surface area contributed by atoms with Gasteiger partial charge in [0, 0.05) is 0 Å². The van der Waals surface area contributed by atoms with Gasteiger partial charge in [-0.05, 0) is 0 Å². The summed E-state index contributed by atoms with van der Waals surface area (Å²) in [5, 5.41) is 0. The number of carbonyl (C=O) groups excluding carboxylic acids is 3. The molecule has 21 heavy (non-hydrogen) atoms. The number of amides is 2. The second-order valence-electron chi connectivity index (χ2n) is 4.51. The molecule has 2 aromatic rings. The van der Waals surface area contributed by atoms with Crippen LogP contribution in [0.5, 0.6) is 0 Å². The van der Waals surface area contributed by atoms with E-state index in [0.29, 0.717) is 20.3 Å². The van der Waals surface area contributed by atoms with E-state index in [-0.39, 0.29) is 11.8 Å². The second kappa shape index (κ2) is 4.39. The zero-order chi connectivity index (χ0) is 14.6. The summed E-state index contributed by atoms with van der Waals surface area (Å²) in [6.45, 7) is 0. The first-order valence-corrected chi connectivity index (χ1v) is 9.11. The molecular weight excluding hydrogens is 385 g/mol. The Morgan fingerprint density at radius 2 is 1.29 bits per heavy atom. The number of hydrogen-bond acceptors (Lipinski definition) is 4. The van der Waals surface area contributed by atoms with Crippen molar-refractivity contribution in [3.63, 3.8) is 0 Å². The van der Waals surface area contributed by atoms with Gasteiger partial charge in [-0.15, -0.1) is 0 Å². The molecule has 2 amide bonds. The number of carbonyl (C=O) groups is 3. The van der Waals surface area contributed by atoms with Gasteiger partial charge in [-0.1, -0.05) is 0 Å². The average molecular weight is 393 g/mol. The first-order valence-electron chi connectivity index (χ1n) is 6.18. The van der Waals surface area contributed by atoms with Crippen molar-refractivity contribution in [3.05, 3.63) is 68.8 Å². The van der Waals surface area contributed by atoms with Crippen molar-refractivity contribution in [2.45, 2.75) is 0 Å².